The third-order valence-electron chi connectivity index (χ3n) is 1.43. The Bertz CT molecular complexity index is 305. The Balaban J connectivity index is 2.97. The van der Waals surface area contributed by atoms with Crippen molar-refractivity contribution in [2.75, 3.05) is 0 Å². The van der Waals surface area contributed by atoms with Crippen LogP contribution in [0.5, 0.6) is 5.75 Å². The molecule has 0 saturated carbocycles. The van der Waals surface area contributed by atoms with E-state index in [0.717, 1.165) is 11.3 Å². The fraction of sp³-hybridized carbons (Fsp3) is 0.200. The van der Waals surface area contributed by atoms with Crippen molar-refractivity contribution in [1.29, 1.82) is 0 Å². The van der Waals surface area contributed by atoms with Crippen molar-refractivity contribution < 1.29 is 4.74 Å². The maximum absolute atomic E-state index is 5.79. The lowest BCUT2D eigenvalue weighted by Gasteiger charge is -2.07. The zero-order chi connectivity index (χ0) is 9.14. The van der Waals surface area contributed by atoms with Crippen molar-refractivity contribution in [2.45, 2.75) is 13.8 Å². The van der Waals surface area contributed by atoms with Crippen molar-refractivity contribution in [3.05, 3.63) is 41.1 Å². The van der Waals surface area contributed by atoms with Crippen LogP contribution in [0.4, 0.5) is 0 Å². The van der Waals surface area contributed by atoms with Gasteiger partial charge in [0, 0.05) is 5.02 Å². The van der Waals surface area contributed by atoms with E-state index in [1.54, 1.807) is 13.0 Å². The van der Waals surface area contributed by atoms with E-state index in [0.29, 0.717) is 10.8 Å². The van der Waals surface area contributed by atoms with Crippen molar-refractivity contribution in [3.63, 3.8) is 0 Å². The number of hydrogen-bond donors (Lipinski definition) is 0. The van der Waals surface area contributed by atoms with Crippen LogP contribution in [0.25, 0.3) is 0 Å². The van der Waals surface area contributed by atoms with Gasteiger partial charge in [-0.15, -0.1) is 0 Å². The first kappa shape index (κ1) is 9.14. The van der Waals surface area contributed by atoms with E-state index in [1.807, 2.05) is 19.1 Å². The zero-order valence-electron chi connectivity index (χ0n) is 7.23. The number of halogens is 1. The molecule has 1 nitrogen and oxygen atoms in total. The van der Waals surface area contributed by atoms with E-state index in [-0.39, 0.29) is 0 Å². The Hall–Kier alpha value is -0.950. The quantitative estimate of drug-likeness (QED) is 0.636. The van der Waals surface area contributed by atoms with Gasteiger partial charge in [0.05, 0.1) is 5.76 Å². The lowest BCUT2D eigenvalue weighted by molar-refractivity contribution is 0.427. The molecule has 0 aliphatic rings. The van der Waals surface area contributed by atoms with Crippen molar-refractivity contribution >= 4 is 11.6 Å². The van der Waals surface area contributed by atoms with Gasteiger partial charge in [-0.1, -0.05) is 24.2 Å². The second kappa shape index (κ2) is 3.63. The monoisotopic (exact) mass is 182 g/mol. The van der Waals surface area contributed by atoms with Crippen LogP contribution in [0.2, 0.25) is 5.02 Å². The maximum Gasteiger partial charge on any atom is 0.131 e. The lowest BCUT2D eigenvalue weighted by Crippen LogP contribution is -1.90. The second-order valence-electron chi connectivity index (χ2n) is 2.71. The summed E-state index contributed by atoms with van der Waals surface area (Å²) in [5.74, 6) is 1.44. The standard InChI is InChI=1S/C10H11ClO/c1-7(2)12-10-6-9(11)5-4-8(10)3/h4-6H,1H2,2-3H3. The van der Waals surface area contributed by atoms with Gasteiger partial charge in [0.15, 0.2) is 0 Å². The minimum absolute atomic E-state index is 0.667. The van der Waals surface area contributed by atoms with Gasteiger partial charge < -0.3 is 4.74 Å². The number of aryl methyl sites for hydroxylation is 1. The Morgan fingerprint density at radius 1 is 1.50 bits per heavy atom. The van der Waals surface area contributed by atoms with Gasteiger partial charge in [-0.2, -0.15) is 0 Å². The molecular weight excluding hydrogens is 172 g/mol. The summed E-state index contributed by atoms with van der Waals surface area (Å²) in [5.41, 5.74) is 1.06. The molecule has 0 radical (unpaired) electrons. The fourth-order valence-electron chi connectivity index (χ4n) is 0.872. The van der Waals surface area contributed by atoms with Gasteiger partial charge in [-0.05, 0) is 31.5 Å². The van der Waals surface area contributed by atoms with E-state index in [1.165, 1.54) is 0 Å². The van der Waals surface area contributed by atoms with Crippen LogP contribution in [0, 0.1) is 6.92 Å². The van der Waals surface area contributed by atoms with Crippen molar-refractivity contribution in [3.8, 4) is 5.75 Å². The van der Waals surface area contributed by atoms with Gasteiger partial charge in [-0.25, -0.2) is 0 Å². The molecule has 1 aromatic carbocycles. The molecule has 0 aliphatic heterocycles. The van der Waals surface area contributed by atoms with Crippen molar-refractivity contribution in [2.24, 2.45) is 0 Å². The van der Waals surface area contributed by atoms with Crippen LogP contribution in [0.1, 0.15) is 12.5 Å². The molecule has 12 heavy (non-hydrogen) atoms. The molecular formula is C10H11ClO. The van der Waals surface area contributed by atoms with E-state index < -0.39 is 0 Å². The summed E-state index contributed by atoms with van der Waals surface area (Å²) in [6.07, 6.45) is 0. The molecule has 0 unspecified atom stereocenters. The average molecular weight is 183 g/mol. The number of hydrogen-bond acceptors (Lipinski definition) is 1. The van der Waals surface area contributed by atoms with Crippen molar-refractivity contribution in [1.82, 2.24) is 0 Å². The largest absolute Gasteiger partial charge is 0.462 e. The molecule has 0 aromatic heterocycles. The highest BCUT2D eigenvalue weighted by atomic mass is 35.5. The minimum atomic E-state index is 0.667. The van der Waals surface area contributed by atoms with Gasteiger partial charge in [-0.3, -0.25) is 0 Å². The highest BCUT2D eigenvalue weighted by Crippen LogP contribution is 2.23. The molecule has 2 heteroatoms. The first-order valence-corrected chi connectivity index (χ1v) is 4.07. The number of benzene rings is 1. The summed E-state index contributed by atoms with van der Waals surface area (Å²) in [6, 6.07) is 5.54. The average Bonchev–Trinajstić information content (AvgIpc) is 1.96. The maximum atomic E-state index is 5.79. The first-order valence-electron chi connectivity index (χ1n) is 3.69. The highest BCUT2D eigenvalue weighted by Gasteiger charge is 1.99. The van der Waals surface area contributed by atoms with E-state index in [2.05, 4.69) is 6.58 Å². The van der Waals surface area contributed by atoms with Crippen LogP contribution in [-0.4, -0.2) is 0 Å². The lowest BCUT2D eigenvalue weighted by atomic mass is 10.2. The number of allylic oxidation sites excluding steroid dienone is 1. The Kier molecular flexibility index (Phi) is 2.77. The molecule has 0 N–H and O–H groups in total. The van der Waals surface area contributed by atoms with Crippen LogP contribution in [-0.2, 0) is 0 Å². The third-order valence-corrected chi connectivity index (χ3v) is 1.67. The summed E-state index contributed by atoms with van der Waals surface area (Å²) >= 11 is 5.79. The molecule has 0 spiro atoms. The predicted octanol–water partition coefficient (Wildman–Crippen LogP) is 3.56. The summed E-state index contributed by atoms with van der Waals surface area (Å²) in [7, 11) is 0. The van der Waals surface area contributed by atoms with Crippen LogP contribution < -0.4 is 4.74 Å². The van der Waals surface area contributed by atoms with E-state index >= 15 is 0 Å². The molecule has 1 aromatic rings. The third kappa shape index (κ3) is 2.28. The van der Waals surface area contributed by atoms with E-state index in [4.69, 9.17) is 16.3 Å². The Morgan fingerprint density at radius 2 is 2.17 bits per heavy atom. The Morgan fingerprint density at radius 3 is 2.75 bits per heavy atom. The molecule has 64 valence electrons. The molecule has 0 heterocycles. The van der Waals surface area contributed by atoms with Gasteiger partial charge in [0.25, 0.3) is 0 Å². The van der Waals surface area contributed by atoms with Gasteiger partial charge >= 0.3 is 0 Å². The van der Waals surface area contributed by atoms with Crippen LogP contribution >= 0.6 is 11.6 Å². The first-order chi connectivity index (χ1) is 5.59. The minimum Gasteiger partial charge on any atom is -0.462 e. The molecule has 0 bridgehead atoms. The molecule has 1 rings (SSSR count). The highest BCUT2D eigenvalue weighted by molar-refractivity contribution is 6.30. The number of ether oxygens (including phenoxy) is 1. The molecule has 0 amide bonds. The topological polar surface area (TPSA) is 9.23 Å². The normalized spacial score (nSPS) is 9.58. The summed E-state index contributed by atoms with van der Waals surface area (Å²) < 4.78 is 5.35. The summed E-state index contributed by atoms with van der Waals surface area (Å²) in [4.78, 5) is 0. The van der Waals surface area contributed by atoms with Crippen LogP contribution in [0.3, 0.4) is 0 Å². The Labute approximate surface area is 77.6 Å². The second-order valence-corrected chi connectivity index (χ2v) is 3.15. The molecule has 0 aliphatic carbocycles. The fourth-order valence-corrected chi connectivity index (χ4v) is 1.03. The smallest absolute Gasteiger partial charge is 0.131 e. The summed E-state index contributed by atoms with van der Waals surface area (Å²) in [6.45, 7) is 7.43. The van der Waals surface area contributed by atoms with Crippen LogP contribution in [0.15, 0.2) is 30.5 Å². The molecule has 0 saturated heterocycles. The molecule has 0 fully saturated rings. The van der Waals surface area contributed by atoms with Gasteiger partial charge in [0.1, 0.15) is 5.75 Å². The predicted molar refractivity (Wildman–Crippen MR) is 51.6 cm³/mol. The zero-order valence-corrected chi connectivity index (χ0v) is 7.98. The summed E-state index contributed by atoms with van der Waals surface area (Å²) in [5, 5.41) is 0.678. The van der Waals surface area contributed by atoms with E-state index in [9.17, 15) is 0 Å². The SMILES string of the molecule is C=C(C)Oc1cc(Cl)ccc1C. The van der Waals surface area contributed by atoms with Gasteiger partial charge in [0.2, 0.25) is 0 Å². The number of rotatable bonds is 2. The molecule has 0 atom stereocenters.